The lowest BCUT2D eigenvalue weighted by Gasteiger charge is -2.31. The van der Waals surface area contributed by atoms with E-state index in [1.54, 1.807) is 7.11 Å². The van der Waals surface area contributed by atoms with Crippen molar-refractivity contribution in [3.63, 3.8) is 0 Å². The molecule has 102 valence electrons. The summed E-state index contributed by atoms with van der Waals surface area (Å²) < 4.78 is 5.17. The fourth-order valence-electron chi connectivity index (χ4n) is 1.98. The first-order chi connectivity index (χ1) is 8.76. The van der Waals surface area contributed by atoms with Gasteiger partial charge in [0.05, 0.1) is 18.2 Å². The highest BCUT2D eigenvalue weighted by molar-refractivity contribution is 6.16. The van der Waals surface area contributed by atoms with E-state index in [9.17, 15) is 0 Å². The highest BCUT2D eigenvalue weighted by atomic mass is 35.5. The first kappa shape index (κ1) is 15.2. The molecule has 0 radical (unpaired) electrons. The number of methoxy groups -OCH3 is 1. The SMILES string of the molecule is CCC(CC)N(CCOC)c1ccc(CCl)nn1. The van der Waals surface area contributed by atoms with Crippen LogP contribution in [0.1, 0.15) is 32.4 Å². The number of halogens is 1. The molecule has 0 unspecified atom stereocenters. The molecule has 0 atom stereocenters. The summed E-state index contributed by atoms with van der Waals surface area (Å²) in [5, 5.41) is 8.37. The van der Waals surface area contributed by atoms with Gasteiger partial charge in [-0.15, -0.1) is 16.7 Å². The quantitative estimate of drug-likeness (QED) is 0.682. The van der Waals surface area contributed by atoms with Crippen LogP contribution < -0.4 is 4.90 Å². The van der Waals surface area contributed by atoms with Crippen LogP contribution in [0.2, 0.25) is 0 Å². The largest absolute Gasteiger partial charge is 0.383 e. The van der Waals surface area contributed by atoms with Crippen molar-refractivity contribution < 1.29 is 4.74 Å². The number of aromatic nitrogens is 2. The second-order valence-corrected chi connectivity index (χ2v) is 4.44. The summed E-state index contributed by atoms with van der Waals surface area (Å²) in [6.07, 6.45) is 2.16. The van der Waals surface area contributed by atoms with Gasteiger partial charge in [-0.25, -0.2) is 0 Å². The van der Waals surface area contributed by atoms with Gasteiger partial charge in [0.2, 0.25) is 0 Å². The first-order valence-corrected chi connectivity index (χ1v) is 6.94. The van der Waals surface area contributed by atoms with Crippen molar-refractivity contribution in [2.75, 3.05) is 25.2 Å². The van der Waals surface area contributed by atoms with Crippen molar-refractivity contribution in [3.05, 3.63) is 17.8 Å². The van der Waals surface area contributed by atoms with Crippen LogP contribution in [0.4, 0.5) is 5.82 Å². The molecule has 1 heterocycles. The molecular weight excluding hydrogens is 250 g/mol. The van der Waals surface area contributed by atoms with Crippen LogP contribution in [0.3, 0.4) is 0 Å². The Bertz CT molecular complexity index is 328. The molecule has 1 rings (SSSR count). The summed E-state index contributed by atoms with van der Waals surface area (Å²) in [7, 11) is 1.72. The highest BCUT2D eigenvalue weighted by Gasteiger charge is 2.16. The minimum atomic E-state index is 0.399. The van der Waals surface area contributed by atoms with Crippen LogP contribution in [0.15, 0.2) is 12.1 Å². The normalized spacial score (nSPS) is 10.9. The van der Waals surface area contributed by atoms with Gasteiger partial charge in [0.15, 0.2) is 5.82 Å². The Morgan fingerprint density at radius 3 is 2.44 bits per heavy atom. The molecule has 18 heavy (non-hydrogen) atoms. The Labute approximate surface area is 114 Å². The van der Waals surface area contributed by atoms with Gasteiger partial charge in [-0.05, 0) is 25.0 Å². The lowest BCUT2D eigenvalue weighted by Crippen LogP contribution is -2.37. The van der Waals surface area contributed by atoms with E-state index in [2.05, 4.69) is 28.9 Å². The molecule has 0 aromatic carbocycles. The summed E-state index contributed by atoms with van der Waals surface area (Å²) in [6, 6.07) is 4.38. The van der Waals surface area contributed by atoms with Crippen molar-refractivity contribution in [2.45, 2.75) is 38.6 Å². The molecule has 0 aliphatic rings. The second-order valence-electron chi connectivity index (χ2n) is 4.17. The first-order valence-electron chi connectivity index (χ1n) is 6.40. The average Bonchev–Trinajstić information content (AvgIpc) is 2.43. The summed E-state index contributed by atoms with van der Waals surface area (Å²) in [5.41, 5.74) is 0.802. The van der Waals surface area contributed by atoms with E-state index in [4.69, 9.17) is 16.3 Å². The Morgan fingerprint density at radius 1 is 1.28 bits per heavy atom. The smallest absolute Gasteiger partial charge is 0.151 e. The van der Waals surface area contributed by atoms with Gasteiger partial charge in [-0.1, -0.05) is 13.8 Å². The lowest BCUT2D eigenvalue weighted by atomic mass is 10.1. The molecule has 0 saturated heterocycles. The van der Waals surface area contributed by atoms with Gasteiger partial charge in [0.25, 0.3) is 0 Å². The van der Waals surface area contributed by atoms with E-state index in [0.717, 1.165) is 30.9 Å². The van der Waals surface area contributed by atoms with Crippen molar-refractivity contribution in [2.24, 2.45) is 0 Å². The number of rotatable bonds is 8. The molecule has 4 nitrogen and oxygen atoms in total. The third kappa shape index (κ3) is 4.10. The van der Waals surface area contributed by atoms with Crippen LogP contribution in [-0.4, -0.2) is 36.5 Å². The summed E-state index contributed by atoms with van der Waals surface area (Å²) in [4.78, 5) is 2.26. The Balaban J connectivity index is 2.85. The molecule has 0 fully saturated rings. The third-order valence-corrected chi connectivity index (χ3v) is 3.33. The Hall–Kier alpha value is -0.870. The molecule has 0 N–H and O–H groups in total. The van der Waals surface area contributed by atoms with E-state index >= 15 is 0 Å². The van der Waals surface area contributed by atoms with Gasteiger partial charge in [-0.3, -0.25) is 0 Å². The number of nitrogens with zero attached hydrogens (tertiary/aromatic N) is 3. The maximum atomic E-state index is 5.72. The van der Waals surface area contributed by atoms with E-state index in [1.165, 1.54) is 0 Å². The minimum Gasteiger partial charge on any atom is -0.383 e. The fourth-order valence-corrected chi connectivity index (χ4v) is 2.12. The number of ether oxygens (including phenoxy) is 1. The maximum absolute atomic E-state index is 5.72. The summed E-state index contributed by atoms with van der Waals surface area (Å²) >= 11 is 5.72. The molecule has 0 spiro atoms. The van der Waals surface area contributed by atoms with Crippen LogP contribution in [0.5, 0.6) is 0 Å². The molecule has 1 aromatic heterocycles. The number of hydrogen-bond donors (Lipinski definition) is 0. The number of anilines is 1. The second kappa shape index (κ2) is 8.27. The molecule has 0 aliphatic heterocycles. The molecular formula is C13H22ClN3O. The summed E-state index contributed by atoms with van der Waals surface area (Å²) in [5.74, 6) is 1.30. The third-order valence-electron chi connectivity index (χ3n) is 3.06. The molecule has 1 aromatic rings. The van der Waals surface area contributed by atoms with Gasteiger partial charge in [0.1, 0.15) is 0 Å². The van der Waals surface area contributed by atoms with Crippen molar-refractivity contribution in [1.82, 2.24) is 10.2 Å². The van der Waals surface area contributed by atoms with Crippen LogP contribution in [-0.2, 0) is 10.6 Å². The van der Waals surface area contributed by atoms with Crippen molar-refractivity contribution >= 4 is 17.4 Å². The molecule has 0 aliphatic carbocycles. The predicted octanol–water partition coefficient (Wildman–Crippen LogP) is 2.86. The zero-order valence-corrected chi connectivity index (χ0v) is 12.2. The van der Waals surface area contributed by atoms with Crippen molar-refractivity contribution in [3.8, 4) is 0 Å². The van der Waals surface area contributed by atoms with Crippen LogP contribution >= 0.6 is 11.6 Å². The van der Waals surface area contributed by atoms with Crippen LogP contribution in [0, 0.1) is 0 Å². The Kier molecular flexibility index (Phi) is 6.98. The van der Waals surface area contributed by atoms with E-state index in [-0.39, 0.29) is 0 Å². The molecule has 0 bridgehead atoms. The molecule has 0 saturated carbocycles. The van der Waals surface area contributed by atoms with E-state index in [1.807, 2.05) is 12.1 Å². The zero-order chi connectivity index (χ0) is 13.4. The maximum Gasteiger partial charge on any atom is 0.151 e. The monoisotopic (exact) mass is 271 g/mol. The summed E-state index contributed by atoms with van der Waals surface area (Å²) in [6.45, 7) is 5.90. The van der Waals surface area contributed by atoms with E-state index in [0.29, 0.717) is 18.5 Å². The average molecular weight is 272 g/mol. The van der Waals surface area contributed by atoms with Gasteiger partial charge < -0.3 is 9.64 Å². The Morgan fingerprint density at radius 2 is 2.00 bits per heavy atom. The number of hydrogen-bond acceptors (Lipinski definition) is 4. The standard InChI is InChI=1S/C13H22ClN3O/c1-4-12(5-2)17(8-9-18-3)13-7-6-11(10-14)15-16-13/h6-7,12H,4-5,8-10H2,1-3H3. The molecule has 5 heteroatoms. The number of alkyl halides is 1. The topological polar surface area (TPSA) is 38.2 Å². The van der Waals surface area contributed by atoms with E-state index < -0.39 is 0 Å². The fraction of sp³-hybridized carbons (Fsp3) is 0.692. The van der Waals surface area contributed by atoms with Crippen LogP contribution in [0.25, 0.3) is 0 Å². The van der Waals surface area contributed by atoms with Crippen molar-refractivity contribution in [1.29, 1.82) is 0 Å². The lowest BCUT2D eigenvalue weighted by molar-refractivity contribution is 0.202. The minimum absolute atomic E-state index is 0.399. The highest BCUT2D eigenvalue weighted by Crippen LogP contribution is 2.17. The van der Waals surface area contributed by atoms with Gasteiger partial charge in [-0.2, -0.15) is 5.10 Å². The molecule has 0 amide bonds. The zero-order valence-electron chi connectivity index (χ0n) is 11.4. The van der Waals surface area contributed by atoms with Gasteiger partial charge in [0, 0.05) is 19.7 Å². The van der Waals surface area contributed by atoms with Gasteiger partial charge >= 0.3 is 0 Å². The predicted molar refractivity (Wildman–Crippen MR) is 75.2 cm³/mol.